The van der Waals surface area contributed by atoms with E-state index in [2.05, 4.69) is 21.7 Å². The molecule has 0 aliphatic carbocycles. The summed E-state index contributed by atoms with van der Waals surface area (Å²) in [4.78, 5) is 0. The van der Waals surface area contributed by atoms with Gasteiger partial charge in [0.15, 0.2) is 4.77 Å². The molecule has 1 fully saturated rings. The fourth-order valence-corrected chi connectivity index (χ4v) is 3.19. The van der Waals surface area contributed by atoms with Crippen LogP contribution in [0.5, 0.6) is 0 Å². The standard InChI is InChI=1S/C16H29N3OS/c1-2-3-4-5-6-7-8-11-15-17-18-16(21)19(15)13-14-10-9-12-20-14/h14H,2-13H2,1H3,(H,18,21)/t14-/m1/s1. The van der Waals surface area contributed by atoms with Gasteiger partial charge < -0.3 is 9.30 Å². The number of hydrogen-bond acceptors (Lipinski definition) is 3. The predicted octanol–water partition coefficient (Wildman–Crippen LogP) is 4.41. The fourth-order valence-electron chi connectivity index (χ4n) is 2.96. The minimum atomic E-state index is 0.321. The zero-order chi connectivity index (χ0) is 14.9. The van der Waals surface area contributed by atoms with Crippen LogP contribution in [0.2, 0.25) is 0 Å². The van der Waals surface area contributed by atoms with Gasteiger partial charge in [0.05, 0.1) is 12.6 Å². The summed E-state index contributed by atoms with van der Waals surface area (Å²) in [5.41, 5.74) is 0. The number of H-pyrrole nitrogens is 1. The van der Waals surface area contributed by atoms with Gasteiger partial charge in [-0.15, -0.1) is 0 Å². The molecule has 1 atom stereocenters. The van der Waals surface area contributed by atoms with Crippen LogP contribution in [0.15, 0.2) is 0 Å². The van der Waals surface area contributed by atoms with Crippen molar-refractivity contribution >= 4 is 12.2 Å². The highest BCUT2D eigenvalue weighted by Gasteiger charge is 2.18. The van der Waals surface area contributed by atoms with E-state index >= 15 is 0 Å². The van der Waals surface area contributed by atoms with Crippen molar-refractivity contribution in [3.63, 3.8) is 0 Å². The SMILES string of the molecule is CCCCCCCCCc1n[nH]c(=S)n1C[C@H]1CCCO1. The summed E-state index contributed by atoms with van der Waals surface area (Å²) in [5.74, 6) is 1.10. The molecule has 1 aliphatic rings. The molecule has 2 rings (SSSR count). The molecule has 0 aromatic carbocycles. The molecular formula is C16H29N3OS. The second kappa shape index (κ2) is 9.36. The van der Waals surface area contributed by atoms with Crippen molar-refractivity contribution in [2.75, 3.05) is 6.61 Å². The molecule has 2 heterocycles. The van der Waals surface area contributed by atoms with Crippen LogP contribution in [-0.2, 0) is 17.7 Å². The summed E-state index contributed by atoms with van der Waals surface area (Å²) in [6, 6.07) is 0. The highest BCUT2D eigenvalue weighted by atomic mass is 32.1. The van der Waals surface area contributed by atoms with Crippen LogP contribution in [0.1, 0.15) is 70.5 Å². The van der Waals surface area contributed by atoms with Crippen LogP contribution < -0.4 is 0 Å². The molecule has 4 nitrogen and oxygen atoms in total. The molecule has 120 valence electrons. The molecular weight excluding hydrogens is 282 g/mol. The van der Waals surface area contributed by atoms with Gasteiger partial charge in [-0.1, -0.05) is 45.4 Å². The Morgan fingerprint density at radius 1 is 1.24 bits per heavy atom. The smallest absolute Gasteiger partial charge is 0.195 e. The molecule has 0 spiro atoms. The second-order valence-electron chi connectivity index (χ2n) is 6.06. The zero-order valence-corrected chi connectivity index (χ0v) is 14.1. The first-order chi connectivity index (χ1) is 10.3. The van der Waals surface area contributed by atoms with Gasteiger partial charge in [-0.3, -0.25) is 5.10 Å². The van der Waals surface area contributed by atoms with Gasteiger partial charge in [0, 0.05) is 13.0 Å². The first-order valence-electron chi connectivity index (χ1n) is 8.57. The lowest BCUT2D eigenvalue weighted by Gasteiger charge is -2.12. The van der Waals surface area contributed by atoms with Crippen LogP contribution in [0, 0.1) is 4.77 Å². The molecule has 0 amide bonds. The third kappa shape index (κ3) is 5.55. The van der Waals surface area contributed by atoms with Crippen LogP contribution in [-0.4, -0.2) is 27.5 Å². The van der Waals surface area contributed by atoms with Gasteiger partial charge in [0.2, 0.25) is 0 Å². The Morgan fingerprint density at radius 3 is 2.71 bits per heavy atom. The molecule has 1 aliphatic heterocycles. The van der Waals surface area contributed by atoms with Crippen LogP contribution in [0.4, 0.5) is 0 Å². The molecule has 21 heavy (non-hydrogen) atoms. The number of rotatable bonds is 10. The number of unbranched alkanes of at least 4 members (excludes halogenated alkanes) is 6. The van der Waals surface area contributed by atoms with Crippen molar-refractivity contribution in [1.82, 2.24) is 14.8 Å². The van der Waals surface area contributed by atoms with E-state index in [4.69, 9.17) is 17.0 Å². The first-order valence-corrected chi connectivity index (χ1v) is 8.97. The molecule has 5 heteroatoms. The number of ether oxygens (including phenoxy) is 1. The van der Waals surface area contributed by atoms with E-state index in [0.717, 1.165) is 36.6 Å². The third-order valence-corrected chi connectivity index (χ3v) is 4.56. The van der Waals surface area contributed by atoms with Crippen molar-refractivity contribution in [2.24, 2.45) is 0 Å². The van der Waals surface area contributed by atoms with Gasteiger partial charge in [-0.25, -0.2) is 0 Å². The van der Waals surface area contributed by atoms with Crippen LogP contribution >= 0.6 is 12.2 Å². The quantitative estimate of drug-likeness (QED) is 0.514. The number of aryl methyl sites for hydroxylation is 1. The van der Waals surface area contributed by atoms with E-state index < -0.39 is 0 Å². The van der Waals surface area contributed by atoms with Crippen LogP contribution in [0.3, 0.4) is 0 Å². The Kier molecular flexibility index (Phi) is 7.44. The Bertz CT molecular complexity index is 449. The maximum atomic E-state index is 5.71. The largest absolute Gasteiger partial charge is 0.376 e. The topological polar surface area (TPSA) is 42.8 Å². The van der Waals surface area contributed by atoms with Gasteiger partial charge in [-0.2, -0.15) is 5.10 Å². The Balaban J connectivity index is 1.71. The lowest BCUT2D eigenvalue weighted by atomic mass is 10.1. The molecule has 1 N–H and O–H groups in total. The number of aromatic nitrogens is 3. The van der Waals surface area contributed by atoms with Crippen molar-refractivity contribution in [3.05, 3.63) is 10.6 Å². The molecule has 1 aromatic heterocycles. The molecule has 0 unspecified atom stereocenters. The minimum Gasteiger partial charge on any atom is -0.376 e. The maximum absolute atomic E-state index is 5.71. The van der Waals surface area contributed by atoms with E-state index in [1.54, 1.807) is 0 Å². The summed E-state index contributed by atoms with van der Waals surface area (Å²) < 4.78 is 8.59. The summed E-state index contributed by atoms with van der Waals surface area (Å²) in [6.45, 7) is 4.01. The van der Waals surface area contributed by atoms with Crippen molar-refractivity contribution < 1.29 is 4.74 Å². The van der Waals surface area contributed by atoms with Gasteiger partial charge in [-0.05, 0) is 31.5 Å². The number of aromatic amines is 1. The monoisotopic (exact) mass is 311 g/mol. The Hall–Kier alpha value is -0.680. The Morgan fingerprint density at radius 2 is 2.00 bits per heavy atom. The number of nitrogens with one attached hydrogen (secondary N) is 1. The average Bonchev–Trinajstić information content (AvgIpc) is 3.11. The fraction of sp³-hybridized carbons (Fsp3) is 0.875. The summed E-state index contributed by atoms with van der Waals surface area (Å²) in [6.07, 6.45) is 12.9. The zero-order valence-electron chi connectivity index (χ0n) is 13.3. The van der Waals surface area contributed by atoms with Crippen molar-refractivity contribution in [2.45, 2.75) is 83.8 Å². The molecule has 0 bridgehead atoms. The van der Waals surface area contributed by atoms with Crippen molar-refractivity contribution in [3.8, 4) is 0 Å². The van der Waals surface area contributed by atoms with Crippen molar-refractivity contribution in [1.29, 1.82) is 0 Å². The molecule has 0 radical (unpaired) electrons. The highest BCUT2D eigenvalue weighted by Crippen LogP contribution is 2.16. The summed E-state index contributed by atoms with van der Waals surface area (Å²) in [5, 5.41) is 7.34. The third-order valence-electron chi connectivity index (χ3n) is 4.25. The summed E-state index contributed by atoms with van der Waals surface area (Å²) >= 11 is 5.35. The highest BCUT2D eigenvalue weighted by molar-refractivity contribution is 7.71. The second-order valence-corrected chi connectivity index (χ2v) is 6.45. The molecule has 1 aromatic rings. The normalized spacial score (nSPS) is 18.4. The van der Waals surface area contributed by atoms with E-state index in [-0.39, 0.29) is 0 Å². The van der Waals surface area contributed by atoms with E-state index in [9.17, 15) is 0 Å². The van der Waals surface area contributed by atoms with Crippen LogP contribution in [0.25, 0.3) is 0 Å². The maximum Gasteiger partial charge on any atom is 0.195 e. The van der Waals surface area contributed by atoms with Gasteiger partial charge in [0.25, 0.3) is 0 Å². The number of nitrogens with zero attached hydrogens (tertiary/aromatic N) is 2. The molecule has 0 saturated carbocycles. The summed E-state index contributed by atoms with van der Waals surface area (Å²) in [7, 11) is 0. The average molecular weight is 311 g/mol. The predicted molar refractivity (Wildman–Crippen MR) is 88.1 cm³/mol. The van der Waals surface area contributed by atoms with Gasteiger partial charge in [0.1, 0.15) is 5.82 Å². The van der Waals surface area contributed by atoms with Gasteiger partial charge >= 0.3 is 0 Å². The number of hydrogen-bond donors (Lipinski definition) is 1. The lowest BCUT2D eigenvalue weighted by molar-refractivity contribution is 0.0958. The lowest BCUT2D eigenvalue weighted by Crippen LogP contribution is -2.17. The van der Waals surface area contributed by atoms with E-state index in [1.807, 2.05) is 0 Å². The Labute approximate surface area is 133 Å². The molecule has 1 saturated heterocycles. The minimum absolute atomic E-state index is 0.321. The van der Waals surface area contributed by atoms with E-state index in [0.29, 0.717) is 6.10 Å². The van der Waals surface area contributed by atoms with E-state index in [1.165, 1.54) is 51.4 Å². The first kappa shape index (κ1) is 16.7.